The van der Waals surface area contributed by atoms with E-state index in [4.69, 9.17) is 10.5 Å². The topological polar surface area (TPSA) is 89.7 Å². The van der Waals surface area contributed by atoms with Crippen LogP contribution in [-0.4, -0.2) is 19.9 Å². The number of hydrogen-bond acceptors (Lipinski definition) is 5. The molecule has 0 radical (unpaired) electrons. The number of nitrogen functional groups attached to an aromatic ring is 1. The maximum atomic E-state index is 5.72. The Bertz CT molecular complexity index is 763. The number of nitrogens with zero attached hydrogens (tertiary/aromatic N) is 3. The van der Waals surface area contributed by atoms with Crippen molar-refractivity contribution in [2.75, 3.05) is 5.73 Å². The van der Waals surface area contributed by atoms with E-state index in [0.29, 0.717) is 23.7 Å². The van der Waals surface area contributed by atoms with Crippen molar-refractivity contribution in [2.45, 2.75) is 13.0 Å². The Kier molecular flexibility index (Phi) is 3.51. The van der Waals surface area contributed by atoms with Crippen molar-refractivity contribution in [3.63, 3.8) is 0 Å². The molecule has 3 N–H and O–H groups in total. The molecule has 2 heterocycles. The molecule has 0 bridgehead atoms. The molecule has 0 aliphatic heterocycles. The van der Waals surface area contributed by atoms with E-state index < -0.39 is 0 Å². The second-order valence-electron chi connectivity index (χ2n) is 4.59. The van der Waals surface area contributed by atoms with Crippen molar-refractivity contribution >= 4 is 17.1 Å². The van der Waals surface area contributed by atoms with Gasteiger partial charge in [-0.3, -0.25) is 0 Å². The van der Waals surface area contributed by atoms with Crippen LogP contribution in [0.4, 0.5) is 5.95 Å². The van der Waals surface area contributed by atoms with E-state index in [-0.39, 0.29) is 5.95 Å². The number of aromatic amines is 1. The number of aromatic nitrogens is 4. The largest absolute Gasteiger partial charge is 0.471 e. The normalized spacial score (nSPS) is 10.7. The van der Waals surface area contributed by atoms with Crippen molar-refractivity contribution in [1.82, 2.24) is 19.9 Å². The average Bonchev–Trinajstić information content (AvgIpc) is 2.94. The van der Waals surface area contributed by atoms with Gasteiger partial charge in [-0.1, -0.05) is 30.3 Å². The number of ether oxygens (including phenoxy) is 1. The van der Waals surface area contributed by atoms with E-state index in [1.54, 1.807) is 0 Å². The van der Waals surface area contributed by atoms with Gasteiger partial charge in [-0.25, -0.2) is 4.98 Å². The molecule has 3 rings (SSSR count). The molecule has 0 spiro atoms. The van der Waals surface area contributed by atoms with E-state index in [1.165, 1.54) is 11.9 Å². The third-order valence-electron chi connectivity index (χ3n) is 3.05. The summed E-state index contributed by atoms with van der Waals surface area (Å²) in [5.74, 6) is 0.552. The monoisotopic (exact) mass is 281 g/mol. The number of H-pyrrole nitrogens is 1. The van der Waals surface area contributed by atoms with Crippen molar-refractivity contribution in [3.05, 3.63) is 54.4 Å². The second kappa shape index (κ2) is 5.62. The van der Waals surface area contributed by atoms with E-state index in [1.807, 2.05) is 18.2 Å². The maximum Gasteiger partial charge on any atom is 0.245 e. The van der Waals surface area contributed by atoms with Crippen LogP contribution in [0.2, 0.25) is 0 Å². The standard InChI is InChI=1S/C15H15N5O/c1-2-3-10-4-6-11(7-5-10)8-21-14-12-13(18-9-17-12)19-15(16)20-14/h2,4-7,9H,1,3,8H2,(H3,16,17,18,19,20). The van der Waals surface area contributed by atoms with Crippen molar-refractivity contribution in [2.24, 2.45) is 0 Å². The fourth-order valence-electron chi connectivity index (χ4n) is 2.02. The first-order valence-electron chi connectivity index (χ1n) is 6.54. The summed E-state index contributed by atoms with van der Waals surface area (Å²) in [6.45, 7) is 4.13. The van der Waals surface area contributed by atoms with Gasteiger partial charge in [0.15, 0.2) is 5.65 Å². The summed E-state index contributed by atoms with van der Waals surface area (Å²) >= 11 is 0. The molecule has 3 aromatic rings. The Morgan fingerprint density at radius 3 is 2.71 bits per heavy atom. The number of rotatable bonds is 5. The molecule has 1 aromatic carbocycles. The SMILES string of the molecule is C=CCc1ccc(COc2nc(N)nc3nc[nH]c23)cc1. The summed E-state index contributed by atoms with van der Waals surface area (Å²) in [6, 6.07) is 8.15. The van der Waals surface area contributed by atoms with Gasteiger partial charge in [0.1, 0.15) is 12.1 Å². The minimum absolute atomic E-state index is 0.144. The highest BCUT2D eigenvalue weighted by Crippen LogP contribution is 2.20. The Morgan fingerprint density at radius 1 is 1.19 bits per heavy atom. The number of imidazole rings is 1. The van der Waals surface area contributed by atoms with Crippen LogP contribution < -0.4 is 10.5 Å². The molecular weight excluding hydrogens is 266 g/mol. The summed E-state index contributed by atoms with van der Waals surface area (Å²) in [4.78, 5) is 15.1. The van der Waals surface area contributed by atoms with Crippen LogP contribution in [0.3, 0.4) is 0 Å². The lowest BCUT2D eigenvalue weighted by Gasteiger charge is -2.07. The first kappa shape index (κ1) is 13.1. The zero-order chi connectivity index (χ0) is 14.7. The number of anilines is 1. The van der Waals surface area contributed by atoms with Gasteiger partial charge in [0, 0.05) is 0 Å². The zero-order valence-corrected chi connectivity index (χ0v) is 11.4. The number of benzene rings is 1. The van der Waals surface area contributed by atoms with Crippen LogP contribution in [0.1, 0.15) is 11.1 Å². The number of nitrogens with two attached hydrogens (primary N) is 1. The van der Waals surface area contributed by atoms with Gasteiger partial charge in [-0.2, -0.15) is 9.97 Å². The van der Waals surface area contributed by atoms with Crippen LogP contribution in [0.25, 0.3) is 11.2 Å². The summed E-state index contributed by atoms with van der Waals surface area (Å²) in [7, 11) is 0. The molecule has 0 aliphatic carbocycles. The molecule has 0 fully saturated rings. The molecule has 0 unspecified atom stereocenters. The molecule has 0 amide bonds. The molecule has 6 heteroatoms. The average molecular weight is 281 g/mol. The van der Waals surface area contributed by atoms with Gasteiger partial charge in [-0.15, -0.1) is 6.58 Å². The molecule has 0 aliphatic rings. The molecule has 0 atom stereocenters. The fraction of sp³-hybridized carbons (Fsp3) is 0.133. The van der Waals surface area contributed by atoms with Gasteiger partial charge in [0.05, 0.1) is 6.33 Å². The van der Waals surface area contributed by atoms with Crippen LogP contribution >= 0.6 is 0 Å². The molecule has 106 valence electrons. The van der Waals surface area contributed by atoms with E-state index in [2.05, 4.69) is 38.6 Å². The maximum absolute atomic E-state index is 5.72. The Morgan fingerprint density at radius 2 is 1.95 bits per heavy atom. The molecule has 6 nitrogen and oxygen atoms in total. The predicted molar refractivity (Wildman–Crippen MR) is 80.8 cm³/mol. The minimum atomic E-state index is 0.144. The Balaban J connectivity index is 1.76. The van der Waals surface area contributed by atoms with Gasteiger partial charge in [0.25, 0.3) is 0 Å². The first-order chi connectivity index (χ1) is 10.3. The lowest BCUT2D eigenvalue weighted by atomic mass is 10.1. The fourth-order valence-corrected chi connectivity index (χ4v) is 2.02. The van der Waals surface area contributed by atoms with Crippen molar-refractivity contribution in [3.8, 4) is 5.88 Å². The number of fused-ring (bicyclic) bond motifs is 1. The highest BCUT2D eigenvalue weighted by molar-refractivity contribution is 5.76. The smallest absolute Gasteiger partial charge is 0.245 e. The van der Waals surface area contributed by atoms with Gasteiger partial charge < -0.3 is 15.5 Å². The zero-order valence-electron chi connectivity index (χ0n) is 11.4. The number of allylic oxidation sites excluding steroid dienone is 1. The number of nitrogens with one attached hydrogen (secondary N) is 1. The molecule has 0 saturated carbocycles. The molecular formula is C15H15N5O. The van der Waals surface area contributed by atoms with Crippen molar-refractivity contribution in [1.29, 1.82) is 0 Å². The van der Waals surface area contributed by atoms with Crippen LogP contribution in [0.15, 0.2) is 43.2 Å². The molecule has 2 aromatic heterocycles. The quantitative estimate of drug-likeness (QED) is 0.700. The second-order valence-corrected chi connectivity index (χ2v) is 4.59. The summed E-state index contributed by atoms with van der Waals surface area (Å²) in [5.41, 5.74) is 9.05. The first-order valence-corrected chi connectivity index (χ1v) is 6.54. The predicted octanol–water partition coefficient (Wildman–Crippen LogP) is 2.24. The highest BCUT2D eigenvalue weighted by Gasteiger charge is 2.09. The molecule has 21 heavy (non-hydrogen) atoms. The van der Waals surface area contributed by atoms with Gasteiger partial charge >= 0.3 is 0 Å². The lowest BCUT2D eigenvalue weighted by Crippen LogP contribution is -2.02. The number of hydrogen-bond donors (Lipinski definition) is 2. The third kappa shape index (κ3) is 2.84. The highest BCUT2D eigenvalue weighted by atomic mass is 16.5. The lowest BCUT2D eigenvalue weighted by molar-refractivity contribution is 0.297. The summed E-state index contributed by atoms with van der Waals surface area (Å²) in [5, 5.41) is 0. The van der Waals surface area contributed by atoms with E-state index in [0.717, 1.165) is 12.0 Å². The summed E-state index contributed by atoms with van der Waals surface area (Å²) < 4.78 is 5.72. The van der Waals surface area contributed by atoms with E-state index >= 15 is 0 Å². The van der Waals surface area contributed by atoms with Gasteiger partial charge in [0.2, 0.25) is 11.8 Å². The van der Waals surface area contributed by atoms with Crippen LogP contribution in [0.5, 0.6) is 5.88 Å². The Labute approximate surface area is 121 Å². The third-order valence-corrected chi connectivity index (χ3v) is 3.05. The van der Waals surface area contributed by atoms with Crippen molar-refractivity contribution < 1.29 is 4.74 Å². The van der Waals surface area contributed by atoms with Crippen LogP contribution in [0, 0.1) is 0 Å². The van der Waals surface area contributed by atoms with E-state index in [9.17, 15) is 0 Å². The van der Waals surface area contributed by atoms with Crippen LogP contribution in [-0.2, 0) is 13.0 Å². The Hall–Kier alpha value is -2.89. The van der Waals surface area contributed by atoms with Gasteiger partial charge in [-0.05, 0) is 17.5 Å². The molecule has 0 saturated heterocycles. The summed E-state index contributed by atoms with van der Waals surface area (Å²) in [6.07, 6.45) is 4.28. The minimum Gasteiger partial charge on any atom is -0.471 e.